The molecule has 0 saturated carbocycles. The van der Waals surface area contributed by atoms with Gasteiger partial charge >= 0.3 is 0 Å². The Balaban J connectivity index is 2.33. The maximum atomic E-state index is 12.7. The molecule has 1 unspecified atom stereocenters. The van der Waals surface area contributed by atoms with Crippen LogP contribution in [-0.2, 0) is 0 Å². The van der Waals surface area contributed by atoms with Crippen LogP contribution in [0.2, 0.25) is 5.02 Å². The third-order valence-electron chi connectivity index (χ3n) is 3.61. The first-order valence-corrected chi connectivity index (χ1v) is 7.08. The van der Waals surface area contributed by atoms with Crippen molar-refractivity contribution in [2.45, 2.75) is 25.3 Å². The molecule has 7 heteroatoms. The number of halogens is 1. The molecule has 0 aromatic heterocycles. The van der Waals surface area contributed by atoms with Crippen molar-refractivity contribution in [3.05, 3.63) is 28.8 Å². The molecule has 1 aromatic rings. The van der Waals surface area contributed by atoms with Gasteiger partial charge in [-0.25, -0.2) is 0 Å². The first kappa shape index (κ1) is 15.4. The lowest BCUT2D eigenvalue weighted by atomic mass is 9.99. The van der Waals surface area contributed by atoms with Crippen LogP contribution in [0.3, 0.4) is 0 Å². The molecule has 1 aromatic carbocycles. The second-order valence-electron chi connectivity index (χ2n) is 4.88. The molecule has 1 atom stereocenters. The first-order valence-electron chi connectivity index (χ1n) is 6.70. The second-order valence-corrected chi connectivity index (χ2v) is 5.32. The zero-order valence-electron chi connectivity index (χ0n) is 11.8. The van der Waals surface area contributed by atoms with Crippen molar-refractivity contribution in [2.75, 3.05) is 13.7 Å². The fourth-order valence-electron chi connectivity index (χ4n) is 2.55. The van der Waals surface area contributed by atoms with E-state index in [1.165, 1.54) is 7.11 Å². The number of ether oxygens (including phenoxy) is 1. The van der Waals surface area contributed by atoms with Crippen molar-refractivity contribution in [3.8, 4) is 5.75 Å². The Morgan fingerprint density at radius 3 is 2.95 bits per heavy atom. The zero-order valence-corrected chi connectivity index (χ0v) is 12.5. The molecule has 1 aliphatic rings. The number of hydrogen-bond acceptors (Lipinski definition) is 4. The average Bonchev–Trinajstić information content (AvgIpc) is 2.53. The standard InChI is InChI=1S/C14H18ClN3O3/c1-21-12-8-9(15)5-6-10(12)14(19)18-7-3-2-4-11(18)13(16)17-20/h5-6,8,11,20H,2-4,7H2,1H3,(H2,16,17). The number of methoxy groups -OCH3 is 1. The summed E-state index contributed by atoms with van der Waals surface area (Å²) in [5.41, 5.74) is 6.12. The van der Waals surface area contributed by atoms with Crippen LogP contribution in [0.25, 0.3) is 0 Å². The highest BCUT2D eigenvalue weighted by atomic mass is 35.5. The van der Waals surface area contributed by atoms with Crippen molar-refractivity contribution in [1.29, 1.82) is 0 Å². The lowest BCUT2D eigenvalue weighted by molar-refractivity contribution is 0.0673. The molecule has 1 fully saturated rings. The number of oxime groups is 1. The summed E-state index contributed by atoms with van der Waals surface area (Å²) in [6.45, 7) is 0.561. The summed E-state index contributed by atoms with van der Waals surface area (Å²) in [5.74, 6) is 0.257. The summed E-state index contributed by atoms with van der Waals surface area (Å²) < 4.78 is 5.22. The summed E-state index contributed by atoms with van der Waals surface area (Å²) in [6, 6.07) is 4.47. The Morgan fingerprint density at radius 2 is 2.29 bits per heavy atom. The predicted octanol–water partition coefficient (Wildman–Crippen LogP) is 2.09. The molecule has 2 rings (SSSR count). The minimum absolute atomic E-state index is 0.0518. The summed E-state index contributed by atoms with van der Waals surface area (Å²) in [7, 11) is 1.49. The Labute approximate surface area is 128 Å². The van der Waals surface area contributed by atoms with Crippen LogP contribution in [0.1, 0.15) is 29.6 Å². The van der Waals surface area contributed by atoms with Crippen LogP contribution in [0.4, 0.5) is 0 Å². The summed E-state index contributed by atoms with van der Waals surface area (Å²) in [4.78, 5) is 14.3. The van der Waals surface area contributed by atoms with E-state index in [1.54, 1.807) is 23.1 Å². The van der Waals surface area contributed by atoms with Crippen LogP contribution < -0.4 is 10.5 Å². The molecule has 6 nitrogen and oxygen atoms in total. The number of nitrogens with zero attached hydrogens (tertiary/aromatic N) is 2. The van der Waals surface area contributed by atoms with Crippen LogP contribution in [0.5, 0.6) is 5.75 Å². The van der Waals surface area contributed by atoms with Gasteiger partial charge in [-0.1, -0.05) is 16.8 Å². The SMILES string of the molecule is COc1cc(Cl)ccc1C(=O)N1CCCCC1C(N)=NO. The third-order valence-corrected chi connectivity index (χ3v) is 3.85. The van der Waals surface area contributed by atoms with Crippen LogP contribution in [-0.4, -0.2) is 41.5 Å². The minimum atomic E-state index is -0.392. The fourth-order valence-corrected chi connectivity index (χ4v) is 2.71. The van der Waals surface area contributed by atoms with Gasteiger partial charge in [-0.2, -0.15) is 0 Å². The van der Waals surface area contributed by atoms with E-state index in [-0.39, 0.29) is 11.7 Å². The number of amidine groups is 1. The van der Waals surface area contributed by atoms with Gasteiger partial charge in [0.2, 0.25) is 0 Å². The van der Waals surface area contributed by atoms with Crippen molar-refractivity contribution in [3.63, 3.8) is 0 Å². The molecule has 21 heavy (non-hydrogen) atoms. The normalized spacial score (nSPS) is 19.4. The molecule has 1 saturated heterocycles. The van der Waals surface area contributed by atoms with Crippen molar-refractivity contribution in [1.82, 2.24) is 4.90 Å². The fraction of sp³-hybridized carbons (Fsp3) is 0.429. The van der Waals surface area contributed by atoms with Crippen LogP contribution in [0, 0.1) is 0 Å². The third kappa shape index (κ3) is 3.21. The number of carbonyl (C=O) groups is 1. The Hall–Kier alpha value is -1.95. The van der Waals surface area contributed by atoms with E-state index in [1.807, 2.05) is 0 Å². The largest absolute Gasteiger partial charge is 0.496 e. The van der Waals surface area contributed by atoms with E-state index >= 15 is 0 Å². The maximum Gasteiger partial charge on any atom is 0.258 e. The number of nitrogens with two attached hydrogens (primary N) is 1. The summed E-state index contributed by atoms with van der Waals surface area (Å²) in [5, 5.41) is 12.4. The van der Waals surface area contributed by atoms with Crippen molar-refractivity contribution < 1.29 is 14.7 Å². The molecule has 0 bridgehead atoms. The predicted molar refractivity (Wildman–Crippen MR) is 80.1 cm³/mol. The molecule has 0 aliphatic carbocycles. The van der Waals surface area contributed by atoms with E-state index in [4.69, 9.17) is 27.3 Å². The van der Waals surface area contributed by atoms with Gasteiger partial charge in [0.05, 0.1) is 18.7 Å². The lowest BCUT2D eigenvalue weighted by Crippen LogP contribution is -2.50. The highest BCUT2D eigenvalue weighted by Gasteiger charge is 2.31. The average molecular weight is 312 g/mol. The number of carbonyl (C=O) groups excluding carboxylic acids is 1. The monoisotopic (exact) mass is 311 g/mol. The minimum Gasteiger partial charge on any atom is -0.496 e. The van der Waals surface area contributed by atoms with E-state index < -0.39 is 6.04 Å². The number of rotatable bonds is 3. The molecular weight excluding hydrogens is 294 g/mol. The molecule has 0 spiro atoms. The van der Waals surface area contributed by atoms with E-state index in [9.17, 15) is 4.79 Å². The highest BCUT2D eigenvalue weighted by Crippen LogP contribution is 2.27. The molecule has 1 amide bonds. The maximum absolute atomic E-state index is 12.7. The van der Waals surface area contributed by atoms with E-state index in [2.05, 4.69) is 5.16 Å². The highest BCUT2D eigenvalue weighted by molar-refractivity contribution is 6.30. The molecule has 114 valence electrons. The van der Waals surface area contributed by atoms with E-state index in [0.29, 0.717) is 29.3 Å². The molecule has 1 heterocycles. The smallest absolute Gasteiger partial charge is 0.258 e. The summed E-state index contributed by atoms with van der Waals surface area (Å²) in [6.07, 6.45) is 2.50. The van der Waals surface area contributed by atoms with Crippen LogP contribution in [0.15, 0.2) is 23.4 Å². The zero-order chi connectivity index (χ0) is 15.4. The second kappa shape index (κ2) is 6.67. The molecule has 1 aliphatic heterocycles. The molecule has 3 N–H and O–H groups in total. The number of benzene rings is 1. The topological polar surface area (TPSA) is 88.2 Å². The van der Waals surface area contributed by atoms with Gasteiger partial charge in [0.15, 0.2) is 5.84 Å². The van der Waals surface area contributed by atoms with Gasteiger partial charge in [0.25, 0.3) is 5.91 Å². The Kier molecular flexibility index (Phi) is 4.90. The van der Waals surface area contributed by atoms with Gasteiger partial charge in [0, 0.05) is 11.6 Å². The number of piperidine rings is 1. The first-order chi connectivity index (χ1) is 10.1. The van der Waals surface area contributed by atoms with Gasteiger partial charge < -0.3 is 20.6 Å². The summed E-state index contributed by atoms with van der Waals surface area (Å²) >= 11 is 5.91. The number of hydrogen-bond donors (Lipinski definition) is 2. The molecule has 0 radical (unpaired) electrons. The van der Waals surface area contributed by atoms with Gasteiger partial charge in [-0.05, 0) is 37.5 Å². The van der Waals surface area contributed by atoms with E-state index in [0.717, 1.165) is 12.8 Å². The number of amides is 1. The van der Waals surface area contributed by atoms with Crippen molar-refractivity contribution in [2.24, 2.45) is 10.9 Å². The van der Waals surface area contributed by atoms with Crippen molar-refractivity contribution >= 4 is 23.3 Å². The van der Waals surface area contributed by atoms with Gasteiger partial charge in [-0.15, -0.1) is 0 Å². The quantitative estimate of drug-likeness (QED) is 0.387. The van der Waals surface area contributed by atoms with Gasteiger partial charge in [0.1, 0.15) is 5.75 Å². The number of likely N-dealkylation sites (tertiary alicyclic amines) is 1. The lowest BCUT2D eigenvalue weighted by Gasteiger charge is -2.35. The Morgan fingerprint density at radius 1 is 1.52 bits per heavy atom. The Bertz CT molecular complexity index is 562. The molecular formula is C14H18ClN3O3. The van der Waals surface area contributed by atoms with Gasteiger partial charge in [-0.3, -0.25) is 4.79 Å². The van der Waals surface area contributed by atoms with Crippen LogP contribution >= 0.6 is 11.6 Å².